The zero-order valence-corrected chi connectivity index (χ0v) is 11.5. The number of aromatic nitrogens is 2. The van der Waals surface area contributed by atoms with E-state index in [2.05, 4.69) is 15.3 Å². The lowest BCUT2D eigenvalue weighted by molar-refractivity contribution is -0.385. The maximum Gasteiger partial charge on any atom is 0.342 e. The van der Waals surface area contributed by atoms with Gasteiger partial charge in [0.1, 0.15) is 17.6 Å². The predicted molar refractivity (Wildman–Crippen MR) is 75.2 cm³/mol. The first-order chi connectivity index (χ1) is 10.0. The van der Waals surface area contributed by atoms with Crippen molar-refractivity contribution >= 4 is 33.9 Å². The second-order valence-corrected chi connectivity index (χ2v) is 5.48. The van der Waals surface area contributed by atoms with Gasteiger partial charge in [0.2, 0.25) is 0 Å². The van der Waals surface area contributed by atoms with Crippen LogP contribution in [0.2, 0.25) is 0 Å². The number of carboxylic acid groups (broad SMARTS) is 1. The molecule has 0 radical (unpaired) electrons. The summed E-state index contributed by atoms with van der Waals surface area (Å²) in [6.45, 7) is 0. The molecule has 2 N–H and O–H groups in total. The van der Waals surface area contributed by atoms with Crippen molar-refractivity contribution in [3.05, 3.63) is 39.0 Å². The van der Waals surface area contributed by atoms with Crippen LogP contribution in [0.25, 0.3) is 0 Å². The largest absolute Gasteiger partial charge is 0.477 e. The van der Waals surface area contributed by atoms with Crippen LogP contribution in [0.15, 0.2) is 17.6 Å². The molecule has 0 atom stereocenters. The van der Waals surface area contributed by atoms with Crippen LogP contribution in [0.3, 0.4) is 0 Å². The van der Waals surface area contributed by atoms with Crippen molar-refractivity contribution in [1.82, 2.24) is 9.97 Å². The fraction of sp³-hybridized carbons (Fsp3) is 0.250. The van der Waals surface area contributed by atoms with E-state index >= 15 is 0 Å². The summed E-state index contributed by atoms with van der Waals surface area (Å²) in [6.07, 6.45) is 3.21. The van der Waals surface area contributed by atoms with Gasteiger partial charge in [-0.25, -0.2) is 14.8 Å². The summed E-state index contributed by atoms with van der Waals surface area (Å²) in [5.41, 5.74) is 0.0743. The first-order valence-electron chi connectivity index (χ1n) is 6.15. The minimum Gasteiger partial charge on any atom is -0.477 e. The Morgan fingerprint density at radius 1 is 1.52 bits per heavy atom. The lowest BCUT2D eigenvalue weighted by atomic mass is 10.2. The molecule has 2 aromatic rings. The van der Waals surface area contributed by atoms with Crippen LogP contribution in [-0.4, -0.2) is 26.0 Å². The van der Waals surface area contributed by atoms with Crippen LogP contribution < -0.4 is 5.32 Å². The highest BCUT2D eigenvalue weighted by Crippen LogP contribution is 2.41. The Labute approximate surface area is 122 Å². The van der Waals surface area contributed by atoms with Crippen LogP contribution in [0.4, 0.5) is 16.6 Å². The van der Waals surface area contributed by atoms with Crippen LogP contribution in [0, 0.1) is 10.1 Å². The number of pyridine rings is 1. The Bertz CT molecular complexity index is 726. The number of carboxylic acids is 1. The molecule has 1 aliphatic rings. The molecule has 0 unspecified atom stereocenters. The van der Waals surface area contributed by atoms with Crippen molar-refractivity contribution in [3.8, 4) is 0 Å². The highest BCUT2D eigenvalue weighted by Gasteiger charge is 2.26. The average molecular weight is 306 g/mol. The summed E-state index contributed by atoms with van der Waals surface area (Å²) in [4.78, 5) is 29.3. The third kappa shape index (κ3) is 2.82. The standard InChI is InChI=1S/C12H10N4O4S/c17-11(18)7-3-10(13-4-9(7)16(19)20)15-12-14-8(5-21-12)6-1-2-6/h3-6H,1-2H2,(H,17,18)(H,13,14,15). The second-order valence-electron chi connectivity index (χ2n) is 4.63. The number of nitro groups is 1. The molecule has 2 heterocycles. The predicted octanol–water partition coefficient (Wildman–Crippen LogP) is 2.77. The first-order valence-corrected chi connectivity index (χ1v) is 7.02. The number of nitrogens with zero attached hydrogens (tertiary/aromatic N) is 3. The highest BCUT2D eigenvalue weighted by atomic mass is 32.1. The number of hydrogen-bond donors (Lipinski definition) is 2. The monoisotopic (exact) mass is 306 g/mol. The van der Waals surface area contributed by atoms with E-state index < -0.39 is 22.1 Å². The molecular formula is C12H10N4O4S. The Morgan fingerprint density at radius 2 is 2.29 bits per heavy atom. The number of carbonyl (C=O) groups is 1. The maximum absolute atomic E-state index is 11.1. The van der Waals surface area contributed by atoms with Crippen LogP contribution in [-0.2, 0) is 0 Å². The van der Waals surface area contributed by atoms with Crippen molar-refractivity contribution in [2.75, 3.05) is 5.32 Å². The molecule has 21 heavy (non-hydrogen) atoms. The zero-order chi connectivity index (χ0) is 15.0. The summed E-state index contributed by atoms with van der Waals surface area (Å²) >= 11 is 1.39. The SMILES string of the molecule is O=C(O)c1cc(Nc2nc(C3CC3)cs2)ncc1[N+](=O)[O-]. The van der Waals surface area contributed by atoms with Crippen molar-refractivity contribution in [1.29, 1.82) is 0 Å². The molecule has 0 spiro atoms. The van der Waals surface area contributed by atoms with Gasteiger partial charge in [0.05, 0.1) is 10.6 Å². The van der Waals surface area contributed by atoms with Crippen LogP contribution in [0.1, 0.15) is 34.8 Å². The van der Waals surface area contributed by atoms with E-state index in [4.69, 9.17) is 5.11 Å². The Morgan fingerprint density at radius 3 is 2.90 bits per heavy atom. The summed E-state index contributed by atoms with van der Waals surface area (Å²) in [5.74, 6) is -0.629. The van der Waals surface area contributed by atoms with Gasteiger partial charge in [0, 0.05) is 17.4 Å². The van der Waals surface area contributed by atoms with E-state index in [-0.39, 0.29) is 5.82 Å². The van der Waals surface area contributed by atoms with E-state index in [1.54, 1.807) is 0 Å². The molecule has 1 fully saturated rings. The Hall–Kier alpha value is -2.55. The van der Waals surface area contributed by atoms with E-state index in [0.717, 1.165) is 30.8 Å². The molecule has 108 valence electrons. The third-order valence-electron chi connectivity index (χ3n) is 3.06. The first kappa shape index (κ1) is 13.4. The van der Waals surface area contributed by atoms with Gasteiger partial charge in [-0.3, -0.25) is 10.1 Å². The number of nitrogens with one attached hydrogen (secondary N) is 1. The van der Waals surface area contributed by atoms with Gasteiger partial charge >= 0.3 is 11.7 Å². The second kappa shape index (κ2) is 5.09. The summed E-state index contributed by atoms with van der Waals surface area (Å²) < 4.78 is 0. The Kier molecular flexibility index (Phi) is 3.26. The molecule has 8 nitrogen and oxygen atoms in total. The van der Waals surface area contributed by atoms with Gasteiger partial charge < -0.3 is 10.4 Å². The molecule has 0 bridgehead atoms. The van der Waals surface area contributed by atoms with Gasteiger partial charge in [0.25, 0.3) is 0 Å². The third-order valence-corrected chi connectivity index (χ3v) is 3.84. The van der Waals surface area contributed by atoms with E-state index in [0.29, 0.717) is 11.0 Å². The molecule has 2 aromatic heterocycles. The number of anilines is 2. The zero-order valence-electron chi connectivity index (χ0n) is 10.6. The number of rotatable bonds is 5. The minimum absolute atomic E-state index is 0.217. The lowest BCUT2D eigenvalue weighted by Gasteiger charge is -2.03. The average Bonchev–Trinajstić information content (AvgIpc) is 3.19. The molecule has 9 heteroatoms. The molecular weight excluding hydrogens is 296 g/mol. The van der Waals surface area contributed by atoms with Gasteiger partial charge in [0.15, 0.2) is 5.13 Å². The number of hydrogen-bond acceptors (Lipinski definition) is 7. The summed E-state index contributed by atoms with van der Waals surface area (Å²) in [5, 5.41) is 25.2. The normalized spacial score (nSPS) is 13.9. The lowest BCUT2D eigenvalue weighted by Crippen LogP contribution is -2.05. The van der Waals surface area contributed by atoms with E-state index in [1.807, 2.05) is 5.38 Å². The smallest absolute Gasteiger partial charge is 0.342 e. The van der Waals surface area contributed by atoms with E-state index in [1.165, 1.54) is 11.3 Å². The van der Waals surface area contributed by atoms with Crippen molar-refractivity contribution < 1.29 is 14.8 Å². The van der Waals surface area contributed by atoms with Crippen LogP contribution >= 0.6 is 11.3 Å². The molecule has 0 aliphatic heterocycles. The quantitative estimate of drug-likeness (QED) is 0.644. The minimum atomic E-state index is -1.37. The molecule has 0 aromatic carbocycles. The van der Waals surface area contributed by atoms with Crippen molar-refractivity contribution in [2.45, 2.75) is 18.8 Å². The summed E-state index contributed by atoms with van der Waals surface area (Å²) in [7, 11) is 0. The van der Waals surface area contributed by atoms with Crippen molar-refractivity contribution in [3.63, 3.8) is 0 Å². The topological polar surface area (TPSA) is 118 Å². The van der Waals surface area contributed by atoms with Gasteiger partial charge in [-0.15, -0.1) is 11.3 Å². The van der Waals surface area contributed by atoms with E-state index in [9.17, 15) is 14.9 Å². The molecule has 1 saturated carbocycles. The molecule has 0 saturated heterocycles. The molecule has 3 rings (SSSR count). The molecule has 1 aliphatic carbocycles. The Balaban J connectivity index is 1.85. The van der Waals surface area contributed by atoms with Gasteiger partial charge in [-0.05, 0) is 12.8 Å². The van der Waals surface area contributed by atoms with Crippen molar-refractivity contribution in [2.24, 2.45) is 0 Å². The fourth-order valence-corrected chi connectivity index (χ4v) is 2.65. The number of thiazole rings is 1. The summed E-state index contributed by atoms with van der Waals surface area (Å²) in [6, 6.07) is 1.14. The molecule has 0 amide bonds. The maximum atomic E-state index is 11.1. The van der Waals surface area contributed by atoms with Gasteiger partial charge in [-0.2, -0.15) is 0 Å². The number of aromatic carboxylic acids is 1. The fourth-order valence-electron chi connectivity index (χ4n) is 1.85. The van der Waals surface area contributed by atoms with Crippen LogP contribution in [0.5, 0.6) is 0 Å². The highest BCUT2D eigenvalue weighted by molar-refractivity contribution is 7.13. The van der Waals surface area contributed by atoms with Gasteiger partial charge in [-0.1, -0.05) is 0 Å².